The lowest BCUT2D eigenvalue weighted by Crippen LogP contribution is -2.54. The van der Waals surface area contributed by atoms with E-state index >= 15 is 0 Å². The van der Waals surface area contributed by atoms with E-state index in [0.29, 0.717) is 18.0 Å². The van der Waals surface area contributed by atoms with Crippen LogP contribution >= 0.6 is 0 Å². The van der Waals surface area contributed by atoms with E-state index in [1.54, 1.807) is 0 Å². The summed E-state index contributed by atoms with van der Waals surface area (Å²) in [6.45, 7) is 4.19. The van der Waals surface area contributed by atoms with E-state index in [0.717, 1.165) is 16.7 Å². The predicted molar refractivity (Wildman–Crippen MR) is 86.1 cm³/mol. The topological polar surface area (TPSA) is 90.3 Å². The second-order valence-electron chi connectivity index (χ2n) is 6.21. The van der Waals surface area contributed by atoms with E-state index in [4.69, 9.17) is 4.84 Å². The van der Waals surface area contributed by atoms with Crippen LogP contribution in [0, 0.1) is 19.8 Å². The van der Waals surface area contributed by atoms with Crippen LogP contribution < -0.4 is 0 Å². The smallest absolute Gasteiger partial charge is 0.306 e. The maximum absolute atomic E-state index is 12.5. The van der Waals surface area contributed by atoms with Crippen LogP contribution in [0.1, 0.15) is 29.5 Å². The Morgan fingerprint density at radius 3 is 2.71 bits per heavy atom. The van der Waals surface area contributed by atoms with Crippen LogP contribution in [0.15, 0.2) is 18.2 Å². The fourth-order valence-corrected chi connectivity index (χ4v) is 2.98. The van der Waals surface area contributed by atoms with Gasteiger partial charge in [0.15, 0.2) is 0 Å². The largest absolute Gasteiger partial charge is 0.481 e. The van der Waals surface area contributed by atoms with Crippen molar-refractivity contribution in [2.75, 3.05) is 13.7 Å². The molecule has 1 heterocycles. The lowest BCUT2D eigenvalue weighted by molar-refractivity contribution is -0.272. The van der Waals surface area contributed by atoms with Crippen molar-refractivity contribution in [2.45, 2.75) is 39.3 Å². The normalized spacial score (nSPS) is 21.5. The molecular formula is C17H24N2O5. The first-order chi connectivity index (χ1) is 11.3. The van der Waals surface area contributed by atoms with Crippen LogP contribution in [0.25, 0.3) is 0 Å². The highest BCUT2D eigenvalue weighted by Crippen LogP contribution is 2.25. The molecule has 1 saturated heterocycles. The zero-order valence-corrected chi connectivity index (χ0v) is 14.2. The first-order valence-electron chi connectivity index (χ1n) is 7.94. The van der Waals surface area contributed by atoms with E-state index in [-0.39, 0.29) is 12.8 Å². The Morgan fingerprint density at radius 1 is 1.38 bits per heavy atom. The molecule has 2 N–H and O–H groups in total. The maximum Gasteiger partial charge on any atom is 0.306 e. The molecule has 132 valence electrons. The van der Waals surface area contributed by atoms with Gasteiger partial charge in [-0.3, -0.25) is 14.8 Å². The Kier molecular flexibility index (Phi) is 5.93. The van der Waals surface area contributed by atoms with E-state index in [2.05, 4.69) is 0 Å². The molecule has 0 spiro atoms. The van der Waals surface area contributed by atoms with Gasteiger partial charge in [-0.1, -0.05) is 23.8 Å². The van der Waals surface area contributed by atoms with Crippen LogP contribution in [0.4, 0.5) is 0 Å². The van der Waals surface area contributed by atoms with Gasteiger partial charge in [0.25, 0.3) is 5.91 Å². The minimum atomic E-state index is -0.925. The summed E-state index contributed by atoms with van der Waals surface area (Å²) >= 11 is 0. The zero-order valence-electron chi connectivity index (χ0n) is 14.2. The summed E-state index contributed by atoms with van der Waals surface area (Å²) in [5.41, 5.74) is 2.85. The Balaban J connectivity index is 2.12. The third-order valence-corrected chi connectivity index (χ3v) is 4.49. The van der Waals surface area contributed by atoms with Crippen LogP contribution in [0.3, 0.4) is 0 Å². The van der Waals surface area contributed by atoms with Crippen LogP contribution in [-0.4, -0.2) is 52.1 Å². The number of aliphatic carboxylic acids is 1. The summed E-state index contributed by atoms with van der Waals surface area (Å²) in [6.07, 6.45) is -0.213. The molecule has 2 rings (SSSR count). The van der Waals surface area contributed by atoms with Crippen molar-refractivity contribution in [1.29, 1.82) is 0 Å². The van der Waals surface area contributed by atoms with Crippen molar-refractivity contribution >= 4 is 11.9 Å². The molecule has 1 fully saturated rings. The SMILES string of the molecule is CON1CCC(C(=O)O)CC1N(O)C(=O)Cc1cc(C)ccc1C. The van der Waals surface area contributed by atoms with Gasteiger partial charge in [0.2, 0.25) is 0 Å². The number of hydrogen-bond acceptors (Lipinski definition) is 5. The molecule has 0 aromatic heterocycles. The van der Waals surface area contributed by atoms with E-state index in [1.165, 1.54) is 12.2 Å². The van der Waals surface area contributed by atoms with Gasteiger partial charge in [0, 0.05) is 6.54 Å². The van der Waals surface area contributed by atoms with Crippen LogP contribution in [0.2, 0.25) is 0 Å². The van der Waals surface area contributed by atoms with Crippen molar-refractivity contribution in [3.8, 4) is 0 Å². The van der Waals surface area contributed by atoms with Crippen molar-refractivity contribution in [3.05, 3.63) is 34.9 Å². The van der Waals surface area contributed by atoms with Gasteiger partial charge >= 0.3 is 5.97 Å². The maximum atomic E-state index is 12.5. The Hall–Kier alpha value is -1.96. The fraction of sp³-hybridized carbons (Fsp3) is 0.529. The van der Waals surface area contributed by atoms with Gasteiger partial charge < -0.3 is 9.94 Å². The number of carboxylic acids is 1. The second kappa shape index (κ2) is 7.74. The molecule has 2 unspecified atom stereocenters. The molecule has 2 atom stereocenters. The summed E-state index contributed by atoms with van der Waals surface area (Å²) in [5.74, 6) is -2.02. The third kappa shape index (κ3) is 4.11. The van der Waals surface area contributed by atoms with Crippen molar-refractivity contribution in [2.24, 2.45) is 5.92 Å². The van der Waals surface area contributed by atoms with Gasteiger partial charge in [0.1, 0.15) is 6.17 Å². The molecule has 1 amide bonds. The number of carboxylic acid groups (broad SMARTS) is 1. The number of nitrogens with zero attached hydrogens (tertiary/aromatic N) is 2. The number of hydroxylamine groups is 4. The highest BCUT2D eigenvalue weighted by molar-refractivity contribution is 5.78. The monoisotopic (exact) mass is 336 g/mol. The van der Waals surface area contributed by atoms with E-state index in [9.17, 15) is 19.9 Å². The quantitative estimate of drug-likeness (QED) is 0.629. The number of aryl methyl sites for hydroxylation is 2. The Bertz CT molecular complexity index is 619. The van der Waals surface area contributed by atoms with E-state index < -0.39 is 24.0 Å². The number of amides is 1. The average molecular weight is 336 g/mol. The van der Waals surface area contributed by atoms with Crippen molar-refractivity contribution in [1.82, 2.24) is 10.1 Å². The summed E-state index contributed by atoms with van der Waals surface area (Å²) in [6, 6.07) is 5.81. The summed E-state index contributed by atoms with van der Waals surface area (Å²) in [5, 5.41) is 21.6. The molecule has 7 nitrogen and oxygen atoms in total. The molecule has 0 radical (unpaired) electrons. The average Bonchev–Trinajstić information content (AvgIpc) is 2.56. The molecule has 1 aromatic rings. The lowest BCUT2D eigenvalue weighted by atomic mass is 9.95. The summed E-state index contributed by atoms with van der Waals surface area (Å²) in [4.78, 5) is 28.9. The third-order valence-electron chi connectivity index (χ3n) is 4.49. The van der Waals surface area contributed by atoms with E-state index in [1.807, 2.05) is 32.0 Å². The van der Waals surface area contributed by atoms with Crippen LogP contribution in [-0.2, 0) is 20.8 Å². The molecule has 24 heavy (non-hydrogen) atoms. The van der Waals surface area contributed by atoms with Gasteiger partial charge in [0.05, 0.1) is 19.4 Å². The predicted octanol–water partition coefficient (Wildman–Crippen LogP) is 1.75. The first-order valence-corrected chi connectivity index (χ1v) is 7.94. The molecule has 0 bridgehead atoms. The highest BCUT2D eigenvalue weighted by Gasteiger charge is 2.37. The van der Waals surface area contributed by atoms with Gasteiger partial charge in [-0.25, -0.2) is 5.06 Å². The standard InChI is InChI=1S/C17H24N2O5/c1-11-4-5-12(2)14(8-11)10-16(20)19(23)15-9-13(17(21)22)6-7-18(15)24-3/h4-5,8,13,15,23H,6-7,9-10H2,1-3H3,(H,21,22). The first kappa shape index (κ1) is 18.4. The van der Waals surface area contributed by atoms with Gasteiger partial charge in [-0.05, 0) is 37.8 Å². The Morgan fingerprint density at radius 2 is 2.08 bits per heavy atom. The molecule has 1 aliphatic heterocycles. The van der Waals surface area contributed by atoms with Crippen LogP contribution in [0.5, 0.6) is 0 Å². The number of carbonyl (C=O) groups excluding carboxylic acids is 1. The Labute approximate surface area is 141 Å². The highest BCUT2D eigenvalue weighted by atomic mass is 16.7. The number of carbonyl (C=O) groups is 2. The summed E-state index contributed by atoms with van der Waals surface area (Å²) in [7, 11) is 1.44. The molecule has 7 heteroatoms. The van der Waals surface area contributed by atoms with Crippen molar-refractivity contribution < 1.29 is 24.7 Å². The zero-order chi connectivity index (χ0) is 17.9. The molecule has 1 aliphatic rings. The molecular weight excluding hydrogens is 312 g/mol. The lowest BCUT2D eigenvalue weighted by Gasteiger charge is -2.39. The van der Waals surface area contributed by atoms with Gasteiger partial charge in [-0.15, -0.1) is 0 Å². The molecule has 1 aromatic carbocycles. The minimum Gasteiger partial charge on any atom is -0.481 e. The second-order valence-corrected chi connectivity index (χ2v) is 6.21. The summed E-state index contributed by atoms with van der Waals surface area (Å²) < 4.78 is 0. The number of benzene rings is 1. The minimum absolute atomic E-state index is 0.0514. The molecule has 0 aliphatic carbocycles. The number of piperidine rings is 1. The van der Waals surface area contributed by atoms with Gasteiger partial charge in [-0.2, -0.15) is 5.06 Å². The van der Waals surface area contributed by atoms with Crippen molar-refractivity contribution in [3.63, 3.8) is 0 Å². The fourth-order valence-electron chi connectivity index (χ4n) is 2.98. The number of rotatable bonds is 5. The number of hydrogen-bond donors (Lipinski definition) is 2. The molecule has 0 saturated carbocycles.